The van der Waals surface area contributed by atoms with Crippen molar-refractivity contribution in [2.75, 3.05) is 7.11 Å². The SMILES string of the molecule is COc1cc(C=Nn2c(C3CCCCC3)nc3ccccc3c2=O)cc(I)c1OCc1cccc(C(=O)O)c1. The number of nitrogens with zero attached hydrogens (tertiary/aromatic N) is 3. The van der Waals surface area contributed by atoms with Crippen molar-refractivity contribution in [3.8, 4) is 11.5 Å². The predicted octanol–water partition coefficient (Wildman–Crippen LogP) is 6.22. The number of benzene rings is 3. The Bertz CT molecular complexity index is 1610. The number of hydrogen-bond acceptors (Lipinski definition) is 6. The summed E-state index contributed by atoms with van der Waals surface area (Å²) in [4.78, 5) is 29.6. The van der Waals surface area contributed by atoms with Gasteiger partial charge in [0.2, 0.25) is 0 Å². The molecule has 0 spiro atoms. The molecule has 0 atom stereocenters. The second kappa shape index (κ2) is 12.0. The first kappa shape index (κ1) is 26.9. The lowest BCUT2D eigenvalue weighted by atomic mass is 9.88. The second-order valence-electron chi connectivity index (χ2n) is 9.51. The van der Waals surface area contributed by atoms with Gasteiger partial charge in [-0.2, -0.15) is 9.78 Å². The molecule has 9 heteroatoms. The van der Waals surface area contributed by atoms with Crippen LogP contribution in [0.25, 0.3) is 10.9 Å². The van der Waals surface area contributed by atoms with E-state index in [9.17, 15) is 14.7 Å². The van der Waals surface area contributed by atoms with E-state index in [4.69, 9.17) is 14.5 Å². The van der Waals surface area contributed by atoms with E-state index in [1.807, 2.05) is 30.3 Å². The quantitative estimate of drug-likeness (QED) is 0.182. The number of carboxylic acids is 1. The van der Waals surface area contributed by atoms with Crippen molar-refractivity contribution in [1.82, 2.24) is 9.66 Å². The highest BCUT2D eigenvalue weighted by atomic mass is 127. The van der Waals surface area contributed by atoms with Gasteiger partial charge in [0.15, 0.2) is 11.5 Å². The Labute approximate surface area is 239 Å². The molecule has 39 heavy (non-hydrogen) atoms. The molecule has 0 amide bonds. The van der Waals surface area contributed by atoms with Gasteiger partial charge >= 0.3 is 5.97 Å². The van der Waals surface area contributed by atoms with Gasteiger partial charge in [0.25, 0.3) is 5.56 Å². The van der Waals surface area contributed by atoms with Crippen LogP contribution in [0.1, 0.15) is 65.3 Å². The molecule has 1 N–H and O–H groups in total. The number of halogens is 1. The van der Waals surface area contributed by atoms with Crippen molar-refractivity contribution in [3.05, 3.63) is 97.1 Å². The van der Waals surface area contributed by atoms with E-state index in [1.54, 1.807) is 43.7 Å². The van der Waals surface area contributed by atoms with E-state index in [0.29, 0.717) is 28.2 Å². The van der Waals surface area contributed by atoms with Crippen LogP contribution in [0.2, 0.25) is 0 Å². The Kier molecular flexibility index (Phi) is 8.25. The van der Waals surface area contributed by atoms with E-state index in [-0.39, 0.29) is 23.6 Å². The Morgan fingerprint density at radius 3 is 2.69 bits per heavy atom. The van der Waals surface area contributed by atoms with Crippen molar-refractivity contribution in [2.45, 2.75) is 44.6 Å². The molecule has 1 aliphatic rings. The Morgan fingerprint density at radius 1 is 1.13 bits per heavy atom. The topological polar surface area (TPSA) is 103 Å². The number of ether oxygens (including phenoxy) is 2. The van der Waals surface area contributed by atoms with Gasteiger partial charge in [0.05, 0.1) is 33.4 Å². The third kappa shape index (κ3) is 5.98. The first-order chi connectivity index (χ1) is 18.9. The van der Waals surface area contributed by atoms with Crippen molar-refractivity contribution in [2.24, 2.45) is 5.10 Å². The van der Waals surface area contributed by atoms with Crippen molar-refractivity contribution >= 4 is 45.7 Å². The number of carbonyl (C=O) groups is 1. The zero-order valence-electron chi connectivity index (χ0n) is 21.5. The maximum atomic E-state index is 13.5. The lowest BCUT2D eigenvalue weighted by molar-refractivity contribution is 0.0696. The number of hydrogen-bond donors (Lipinski definition) is 1. The molecule has 4 aromatic rings. The Morgan fingerprint density at radius 2 is 1.92 bits per heavy atom. The minimum atomic E-state index is -0.986. The molecule has 0 radical (unpaired) electrons. The smallest absolute Gasteiger partial charge is 0.335 e. The molecule has 8 nitrogen and oxygen atoms in total. The second-order valence-corrected chi connectivity index (χ2v) is 10.7. The highest BCUT2D eigenvalue weighted by Gasteiger charge is 2.22. The summed E-state index contributed by atoms with van der Waals surface area (Å²) in [6.07, 6.45) is 7.08. The number of fused-ring (bicyclic) bond motifs is 1. The average Bonchev–Trinajstić information content (AvgIpc) is 2.96. The third-order valence-electron chi connectivity index (χ3n) is 6.88. The van der Waals surface area contributed by atoms with Gasteiger partial charge in [0, 0.05) is 5.92 Å². The minimum absolute atomic E-state index is 0.178. The number of aromatic carboxylic acids is 1. The van der Waals surface area contributed by atoms with Gasteiger partial charge in [-0.15, -0.1) is 0 Å². The van der Waals surface area contributed by atoms with Crippen LogP contribution in [0, 0.1) is 3.57 Å². The van der Waals surface area contributed by atoms with Gasteiger partial charge in [-0.3, -0.25) is 4.79 Å². The summed E-state index contributed by atoms with van der Waals surface area (Å²) in [5.41, 5.74) is 2.20. The highest BCUT2D eigenvalue weighted by Crippen LogP contribution is 2.35. The normalized spacial score (nSPS) is 14.1. The maximum Gasteiger partial charge on any atom is 0.335 e. The fourth-order valence-corrected chi connectivity index (χ4v) is 5.69. The van der Waals surface area contributed by atoms with E-state index >= 15 is 0 Å². The summed E-state index contributed by atoms with van der Waals surface area (Å²) in [6.45, 7) is 0.184. The average molecular weight is 637 g/mol. The molecule has 0 bridgehead atoms. The fourth-order valence-electron chi connectivity index (χ4n) is 4.91. The first-order valence-corrected chi connectivity index (χ1v) is 13.9. The van der Waals surface area contributed by atoms with Crippen molar-refractivity contribution < 1.29 is 19.4 Å². The predicted molar refractivity (Wildman–Crippen MR) is 158 cm³/mol. The van der Waals surface area contributed by atoms with Gasteiger partial charge in [-0.1, -0.05) is 43.5 Å². The third-order valence-corrected chi connectivity index (χ3v) is 7.68. The summed E-state index contributed by atoms with van der Waals surface area (Å²) in [5, 5.41) is 14.4. The Hall–Kier alpha value is -3.73. The maximum absolute atomic E-state index is 13.5. The molecule has 0 unspecified atom stereocenters. The van der Waals surface area contributed by atoms with Crippen LogP contribution in [0.4, 0.5) is 0 Å². The summed E-state index contributed by atoms with van der Waals surface area (Å²) in [5.74, 6) is 0.968. The lowest BCUT2D eigenvalue weighted by Gasteiger charge is -2.22. The van der Waals surface area contributed by atoms with Crippen molar-refractivity contribution in [1.29, 1.82) is 0 Å². The van der Waals surface area contributed by atoms with Crippen LogP contribution in [-0.4, -0.2) is 34.1 Å². The van der Waals surface area contributed by atoms with Gasteiger partial charge in [-0.05, 0) is 83.0 Å². The molecular formula is C30H28IN3O5. The minimum Gasteiger partial charge on any atom is -0.493 e. The van der Waals surface area contributed by atoms with Gasteiger partial charge < -0.3 is 14.6 Å². The summed E-state index contributed by atoms with van der Waals surface area (Å²) >= 11 is 2.17. The van der Waals surface area contributed by atoms with E-state index in [1.165, 1.54) is 11.1 Å². The van der Waals surface area contributed by atoms with Crippen LogP contribution >= 0.6 is 22.6 Å². The van der Waals surface area contributed by atoms with E-state index in [2.05, 4.69) is 27.7 Å². The largest absolute Gasteiger partial charge is 0.493 e. The van der Waals surface area contributed by atoms with E-state index < -0.39 is 5.97 Å². The zero-order valence-corrected chi connectivity index (χ0v) is 23.6. The van der Waals surface area contributed by atoms with Crippen molar-refractivity contribution in [3.63, 3.8) is 0 Å². The number of para-hydroxylation sites is 1. The standard InChI is InChI=1S/C30H28IN3O5/c1-38-26-16-20(15-24(31)27(26)39-18-19-8-7-11-22(14-19)30(36)37)17-32-34-28(21-9-3-2-4-10-21)33-25-13-6-5-12-23(25)29(34)35/h5-8,11-17,21H,2-4,9-10,18H2,1H3,(H,36,37). The molecule has 5 rings (SSSR count). The molecule has 1 fully saturated rings. The van der Waals surface area contributed by atoms with Gasteiger partial charge in [-0.25, -0.2) is 9.78 Å². The number of rotatable bonds is 8. The molecule has 0 aliphatic heterocycles. The molecule has 1 aliphatic carbocycles. The molecule has 1 aromatic heterocycles. The molecule has 3 aromatic carbocycles. The van der Waals surface area contributed by atoms with Crippen LogP contribution < -0.4 is 15.0 Å². The Balaban J connectivity index is 1.46. The van der Waals surface area contributed by atoms with Gasteiger partial charge in [0.1, 0.15) is 12.4 Å². The zero-order chi connectivity index (χ0) is 27.4. The van der Waals surface area contributed by atoms with Crippen LogP contribution in [0.5, 0.6) is 11.5 Å². The molecule has 0 saturated heterocycles. The van der Waals surface area contributed by atoms with Crippen LogP contribution in [-0.2, 0) is 6.61 Å². The number of aromatic nitrogens is 2. The van der Waals surface area contributed by atoms with Crippen LogP contribution in [0.3, 0.4) is 0 Å². The monoisotopic (exact) mass is 637 g/mol. The number of methoxy groups -OCH3 is 1. The van der Waals surface area contributed by atoms with E-state index in [0.717, 1.165) is 40.4 Å². The molecular weight excluding hydrogens is 609 g/mol. The summed E-state index contributed by atoms with van der Waals surface area (Å²) in [7, 11) is 1.56. The molecule has 200 valence electrons. The molecule has 1 saturated carbocycles. The van der Waals surface area contributed by atoms with Crippen LogP contribution in [0.15, 0.2) is 70.6 Å². The lowest BCUT2D eigenvalue weighted by Crippen LogP contribution is -2.25. The summed E-state index contributed by atoms with van der Waals surface area (Å²) < 4.78 is 13.9. The first-order valence-electron chi connectivity index (χ1n) is 12.8. The molecule has 1 heterocycles. The number of carboxylic acid groups (broad SMARTS) is 1. The highest BCUT2D eigenvalue weighted by molar-refractivity contribution is 14.1. The summed E-state index contributed by atoms with van der Waals surface area (Å²) in [6, 6.07) is 17.7. The fraction of sp³-hybridized carbons (Fsp3) is 0.267.